The topological polar surface area (TPSA) is 58.6 Å². The van der Waals surface area contributed by atoms with E-state index >= 15 is 0 Å². The third-order valence-corrected chi connectivity index (χ3v) is 2.23. The SMILES string of the molecule is CC(C)(C)ON[C@H](CO)C(=C=O)c1ccccc1. The maximum absolute atomic E-state index is 11.1. The Hall–Kier alpha value is -1.45. The number of aliphatic hydroxyl groups excluding tert-OH is 1. The van der Waals surface area contributed by atoms with E-state index in [-0.39, 0.29) is 6.61 Å². The van der Waals surface area contributed by atoms with Crippen LogP contribution in [0.1, 0.15) is 26.3 Å². The molecule has 98 valence electrons. The van der Waals surface area contributed by atoms with E-state index < -0.39 is 11.6 Å². The van der Waals surface area contributed by atoms with Crippen molar-refractivity contribution in [2.24, 2.45) is 0 Å². The van der Waals surface area contributed by atoms with E-state index in [0.717, 1.165) is 5.56 Å². The van der Waals surface area contributed by atoms with E-state index in [1.54, 1.807) is 12.1 Å². The standard InChI is InChI=1S/C14H19NO3/c1-14(2,3)18-15-13(10-17)12(9-16)11-7-5-4-6-8-11/h4-8,13,15,17H,10H2,1-3H3/t13-/m1/s1. The molecule has 0 aromatic heterocycles. The number of carbonyl (C=O) groups excluding carboxylic acids is 1. The number of hydrogen-bond donors (Lipinski definition) is 2. The van der Waals surface area contributed by atoms with Crippen LogP contribution in [0.15, 0.2) is 30.3 Å². The summed E-state index contributed by atoms with van der Waals surface area (Å²) in [6.45, 7) is 5.39. The molecule has 0 fully saturated rings. The fraction of sp³-hybridized carbons (Fsp3) is 0.429. The summed E-state index contributed by atoms with van der Waals surface area (Å²) < 4.78 is 0. The second kappa shape index (κ2) is 6.47. The van der Waals surface area contributed by atoms with Crippen LogP contribution in [0.25, 0.3) is 5.57 Å². The van der Waals surface area contributed by atoms with Gasteiger partial charge >= 0.3 is 0 Å². The fourth-order valence-electron chi connectivity index (χ4n) is 1.38. The summed E-state index contributed by atoms with van der Waals surface area (Å²) in [5.41, 5.74) is 3.37. The Morgan fingerprint density at radius 1 is 1.39 bits per heavy atom. The van der Waals surface area contributed by atoms with Crippen molar-refractivity contribution in [2.45, 2.75) is 32.4 Å². The number of hydroxylamine groups is 1. The minimum Gasteiger partial charge on any atom is -0.394 e. The molecule has 0 aliphatic heterocycles. The van der Waals surface area contributed by atoms with Crippen LogP contribution < -0.4 is 5.48 Å². The van der Waals surface area contributed by atoms with E-state index in [1.807, 2.05) is 44.9 Å². The second-order valence-corrected chi connectivity index (χ2v) is 4.95. The van der Waals surface area contributed by atoms with E-state index in [4.69, 9.17) is 4.84 Å². The van der Waals surface area contributed by atoms with E-state index in [2.05, 4.69) is 5.48 Å². The molecular formula is C14H19NO3. The molecule has 0 saturated heterocycles. The average molecular weight is 249 g/mol. The predicted octanol–water partition coefficient (Wildman–Crippen LogP) is 1.58. The van der Waals surface area contributed by atoms with Crippen molar-refractivity contribution in [3.8, 4) is 0 Å². The van der Waals surface area contributed by atoms with Crippen LogP contribution in [0.2, 0.25) is 0 Å². The molecule has 1 aromatic carbocycles. The van der Waals surface area contributed by atoms with Gasteiger partial charge in [0.05, 0.1) is 23.8 Å². The van der Waals surface area contributed by atoms with Gasteiger partial charge in [0, 0.05) is 0 Å². The van der Waals surface area contributed by atoms with Crippen molar-refractivity contribution >= 4 is 11.5 Å². The Labute approximate surface area is 107 Å². The van der Waals surface area contributed by atoms with Crippen molar-refractivity contribution in [3.63, 3.8) is 0 Å². The molecule has 0 heterocycles. The fourth-order valence-corrected chi connectivity index (χ4v) is 1.38. The van der Waals surface area contributed by atoms with Crippen molar-refractivity contribution in [2.75, 3.05) is 6.61 Å². The zero-order valence-electron chi connectivity index (χ0n) is 10.9. The lowest BCUT2D eigenvalue weighted by atomic mass is 10.0. The smallest absolute Gasteiger partial charge is 0.130 e. The van der Waals surface area contributed by atoms with E-state index in [0.29, 0.717) is 5.57 Å². The first kappa shape index (κ1) is 14.6. The van der Waals surface area contributed by atoms with Gasteiger partial charge in [-0.25, -0.2) is 4.79 Å². The molecule has 0 aliphatic carbocycles. The third-order valence-electron chi connectivity index (χ3n) is 2.23. The Bertz CT molecular complexity index is 416. The van der Waals surface area contributed by atoms with E-state index in [9.17, 15) is 9.90 Å². The number of benzene rings is 1. The number of rotatable bonds is 5. The molecule has 2 N–H and O–H groups in total. The zero-order valence-corrected chi connectivity index (χ0v) is 10.9. The number of hydrogen-bond acceptors (Lipinski definition) is 4. The van der Waals surface area contributed by atoms with Crippen molar-refractivity contribution < 1.29 is 14.7 Å². The molecule has 0 aliphatic rings. The van der Waals surface area contributed by atoms with Crippen molar-refractivity contribution in [1.29, 1.82) is 0 Å². The molecule has 0 bridgehead atoms. The van der Waals surface area contributed by atoms with Gasteiger partial charge in [-0.2, -0.15) is 5.48 Å². The minimum absolute atomic E-state index is 0.241. The monoisotopic (exact) mass is 249 g/mol. The minimum atomic E-state index is -0.593. The van der Waals surface area contributed by atoms with Gasteiger partial charge in [0.1, 0.15) is 5.94 Å². The highest BCUT2D eigenvalue weighted by molar-refractivity contribution is 5.90. The van der Waals surface area contributed by atoms with Crippen LogP contribution in [0.3, 0.4) is 0 Å². The van der Waals surface area contributed by atoms with Gasteiger partial charge in [0.15, 0.2) is 0 Å². The first-order chi connectivity index (χ1) is 8.48. The van der Waals surface area contributed by atoms with Gasteiger partial charge < -0.3 is 5.11 Å². The predicted molar refractivity (Wildman–Crippen MR) is 70.4 cm³/mol. The first-order valence-corrected chi connectivity index (χ1v) is 5.82. The molecule has 18 heavy (non-hydrogen) atoms. The Balaban J connectivity index is 2.83. The maximum Gasteiger partial charge on any atom is 0.130 e. The summed E-state index contributed by atoms with van der Waals surface area (Å²) in [5.74, 6) is 1.87. The molecule has 0 amide bonds. The molecular weight excluding hydrogens is 230 g/mol. The molecule has 0 spiro atoms. The number of aliphatic hydroxyl groups is 1. The first-order valence-electron chi connectivity index (χ1n) is 5.82. The summed E-state index contributed by atoms with van der Waals surface area (Å²) in [6, 6.07) is 8.50. The quantitative estimate of drug-likeness (QED) is 0.614. The molecule has 1 rings (SSSR count). The van der Waals surface area contributed by atoms with Gasteiger partial charge in [-0.15, -0.1) is 0 Å². The highest BCUT2D eigenvalue weighted by Gasteiger charge is 2.20. The zero-order chi connectivity index (χ0) is 13.6. The van der Waals surface area contributed by atoms with Gasteiger partial charge in [0.25, 0.3) is 0 Å². The molecule has 0 unspecified atom stereocenters. The summed E-state index contributed by atoms with van der Waals surface area (Å²) in [5, 5.41) is 9.34. The number of nitrogens with one attached hydrogen (secondary N) is 1. The molecule has 0 saturated carbocycles. The lowest BCUT2D eigenvalue weighted by Gasteiger charge is -2.24. The van der Waals surface area contributed by atoms with Crippen LogP contribution in [0.4, 0.5) is 0 Å². The lowest BCUT2D eigenvalue weighted by Crippen LogP contribution is -2.39. The summed E-state index contributed by atoms with van der Waals surface area (Å²) >= 11 is 0. The Kier molecular flexibility index (Phi) is 5.25. The van der Waals surface area contributed by atoms with Crippen molar-refractivity contribution in [1.82, 2.24) is 5.48 Å². The highest BCUT2D eigenvalue weighted by Crippen LogP contribution is 2.16. The van der Waals surface area contributed by atoms with Gasteiger partial charge in [0.2, 0.25) is 0 Å². The maximum atomic E-state index is 11.1. The van der Waals surface area contributed by atoms with Crippen molar-refractivity contribution in [3.05, 3.63) is 35.9 Å². The Morgan fingerprint density at radius 2 is 2.00 bits per heavy atom. The molecule has 4 heteroatoms. The summed E-state index contributed by atoms with van der Waals surface area (Å²) in [4.78, 5) is 16.4. The van der Waals surface area contributed by atoms with Crippen LogP contribution >= 0.6 is 0 Å². The van der Waals surface area contributed by atoms with Gasteiger partial charge in [-0.05, 0) is 26.3 Å². The van der Waals surface area contributed by atoms with E-state index in [1.165, 1.54) is 0 Å². The highest BCUT2D eigenvalue weighted by atomic mass is 16.7. The average Bonchev–Trinajstić information content (AvgIpc) is 2.34. The molecule has 0 radical (unpaired) electrons. The van der Waals surface area contributed by atoms with Gasteiger partial charge in [-0.1, -0.05) is 30.3 Å². The summed E-state index contributed by atoms with van der Waals surface area (Å²) in [7, 11) is 0. The van der Waals surface area contributed by atoms with Crippen LogP contribution in [0.5, 0.6) is 0 Å². The molecule has 4 nitrogen and oxygen atoms in total. The van der Waals surface area contributed by atoms with Gasteiger partial charge in [-0.3, -0.25) is 4.84 Å². The third kappa shape index (κ3) is 4.43. The van der Waals surface area contributed by atoms with Crippen LogP contribution in [-0.4, -0.2) is 29.3 Å². The largest absolute Gasteiger partial charge is 0.394 e. The second-order valence-electron chi connectivity index (χ2n) is 4.95. The Morgan fingerprint density at radius 3 is 2.44 bits per heavy atom. The lowest BCUT2D eigenvalue weighted by molar-refractivity contribution is -0.0855. The molecule has 1 aromatic rings. The van der Waals surface area contributed by atoms with Crippen LogP contribution in [0, 0.1) is 0 Å². The normalized spacial score (nSPS) is 12.9. The summed E-state index contributed by atoms with van der Waals surface area (Å²) in [6.07, 6.45) is 0. The van der Waals surface area contributed by atoms with Crippen LogP contribution in [-0.2, 0) is 9.63 Å². The molecule has 1 atom stereocenters.